The van der Waals surface area contributed by atoms with E-state index in [1.54, 1.807) is 18.2 Å². The van der Waals surface area contributed by atoms with Gasteiger partial charge in [0.05, 0.1) is 17.0 Å². The zero-order valence-electron chi connectivity index (χ0n) is 14.9. The van der Waals surface area contributed by atoms with Crippen molar-refractivity contribution in [3.05, 3.63) is 45.2 Å². The highest BCUT2D eigenvalue weighted by Crippen LogP contribution is 2.37. The van der Waals surface area contributed by atoms with Crippen molar-refractivity contribution in [2.24, 2.45) is 5.41 Å². The Balaban J connectivity index is 1.89. The Kier molecular flexibility index (Phi) is 5.26. The average Bonchev–Trinajstić information content (AvgIpc) is 2.63. The van der Waals surface area contributed by atoms with E-state index in [0.29, 0.717) is 28.8 Å². The predicted octanol–water partition coefficient (Wildman–Crippen LogP) is 2.26. The van der Waals surface area contributed by atoms with E-state index < -0.39 is 28.8 Å². The van der Waals surface area contributed by atoms with Crippen LogP contribution in [0, 0.1) is 5.41 Å². The van der Waals surface area contributed by atoms with Crippen molar-refractivity contribution in [1.82, 2.24) is 9.88 Å². The molecule has 3 rings (SSSR count). The number of aliphatic carboxylic acids is 1. The Morgan fingerprint density at radius 1 is 1.41 bits per heavy atom. The molecular weight excluding hydrogens is 372 g/mol. The van der Waals surface area contributed by atoms with Gasteiger partial charge in [-0.15, -0.1) is 0 Å². The van der Waals surface area contributed by atoms with E-state index in [2.05, 4.69) is 4.98 Å². The van der Waals surface area contributed by atoms with Gasteiger partial charge in [-0.05, 0) is 31.0 Å². The van der Waals surface area contributed by atoms with Gasteiger partial charge in [-0.1, -0.05) is 24.9 Å². The van der Waals surface area contributed by atoms with E-state index >= 15 is 0 Å². The summed E-state index contributed by atoms with van der Waals surface area (Å²) in [5.74, 6) is -1.58. The number of H-pyrrole nitrogens is 1. The molecule has 0 radical (unpaired) electrons. The number of hydrogen-bond acceptors (Lipinski definition) is 4. The smallest absolute Gasteiger partial charge is 0.312 e. The number of halogens is 1. The molecule has 0 saturated carbocycles. The lowest BCUT2D eigenvalue weighted by molar-refractivity contribution is -0.162. The van der Waals surface area contributed by atoms with E-state index in [1.165, 1.54) is 11.1 Å². The number of nitrogens with zero attached hydrogens (tertiary/aromatic N) is 1. The number of amides is 1. The lowest BCUT2D eigenvalue weighted by Crippen LogP contribution is -2.56. The first kappa shape index (κ1) is 19.4. The van der Waals surface area contributed by atoms with Crippen LogP contribution >= 0.6 is 11.6 Å². The van der Waals surface area contributed by atoms with Crippen molar-refractivity contribution >= 4 is 34.4 Å². The number of likely N-dealkylation sites (tertiary alicyclic amines) is 1. The minimum atomic E-state index is -1.25. The summed E-state index contributed by atoms with van der Waals surface area (Å²) in [5.41, 5.74) is -1.20. The molecule has 1 aromatic heterocycles. The molecule has 0 bridgehead atoms. The molecule has 27 heavy (non-hydrogen) atoms. The maximum atomic E-state index is 12.8. The monoisotopic (exact) mass is 392 g/mol. The van der Waals surface area contributed by atoms with E-state index in [9.17, 15) is 24.6 Å². The number of carbonyl (C=O) groups is 2. The number of hydrogen-bond donors (Lipinski definition) is 3. The molecule has 144 valence electrons. The lowest BCUT2D eigenvalue weighted by atomic mass is 9.72. The van der Waals surface area contributed by atoms with Crippen LogP contribution in [0.2, 0.25) is 5.02 Å². The maximum absolute atomic E-state index is 12.8. The lowest BCUT2D eigenvalue weighted by Gasteiger charge is -2.42. The molecule has 2 aromatic rings. The molecular formula is C19H21ClN2O5. The van der Waals surface area contributed by atoms with Crippen LogP contribution in [0.1, 0.15) is 36.5 Å². The Morgan fingerprint density at radius 2 is 2.15 bits per heavy atom. The first-order valence-electron chi connectivity index (χ1n) is 8.82. The summed E-state index contributed by atoms with van der Waals surface area (Å²) in [4.78, 5) is 41.5. The fraction of sp³-hybridized carbons (Fsp3) is 0.421. The Morgan fingerprint density at radius 3 is 2.78 bits per heavy atom. The topological polar surface area (TPSA) is 111 Å². The number of carboxylic acid groups (broad SMARTS) is 1. The number of carbonyl (C=O) groups excluding carboxylic acids is 1. The number of rotatable bonds is 4. The predicted molar refractivity (Wildman–Crippen MR) is 101 cm³/mol. The number of aromatic amines is 1. The average molecular weight is 393 g/mol. The molecule has 8 heteroatoms. The van der Waals surface area contributed by atoms with Gasteiger partial charge < -0.3 is 20.1 Å². The molecule has 1 aliphatic heterocycles. The summed E-state index contributed by atoms with van der Waals surface area (Å²) in [6.07, 6.45) is 1.24. The molecule has 1 aliphatic rings. The summed E-state index contributed by atoms with van der Waals surface area (Å²) in [5, 5.41) is 20.9. The second-order valence-corrected chi connectivity index (χ2v) is 7.39. The van der Waals surface area contributed by atoms with Crippen LogP contribution in [0.3, 0.4) is 0 Å². The van der Waals surface area contributed by atoms with Crippen LogP contribution in [0.5, 0.6) is 0 Å². The Labute approximate surface area is 160 Å². The third-order valence-electron chi connectivity index (χ3n) is 5.34. The van der Waals surface area contributed by atoms with Gasteiger partial charge in [-0.25, -0.2) is 0 Å². The number of fused-ring (bicyclic) bond motifs is 1. The van der Waals surface area contributed by atoms with Gasteiger partial charge in [0.15, 0.2) is 0 Å². The highest BCUT2D eigenvalue weighted by Gasteiger charge is 2.48. The summed E-state index contributed by atoms with van der Waals surface area (Å²) >= 11 is 5.92. The highest BCUT2D eigenvalue weighted by molar-refractivity contribution is 6.31. The van der Waals surface area contributed by atoms with Crippen molar-refractivity contribution in [1.29, 1.82) is 0 Å². The summed E-state index contributed by atoms with van der Waals surface area (Å²) in [6.45, 7) is 1.90. The molecule has 1 aromatic carbocycles. The number of pyridine rings is 1. The van der Waals surface area contributed by atoms with E-state index in [1.807, 2.05) is 6.92 Å². The minimum absolute atomic E-state index is 0.0460. The maximum Gasteiger partial charge on any atom is 0.312 e. The normalized spacial score (nSPS) is 22.8. The van der Waals surface area contributed by atoms with Crippen molar-refractivity contribution in [2.75, 3.05) is 13.1 Å². The fourth-order valence-corrected chi connectivity index (χ4v) is 3.95. The standard InChI is InChI=1S/C19H21ClN2O5/c1-2-5-19(18(26)27)6-7-22(10-15(19)23)17(25)13-9-21-14-8-11(20)3-4-12(14)16(13)24/h3-4,8-9,15,23H,2,5-7,10H2,1H3,(H,21,24)(H,26,27)/t15-,19+/m1/s1. The number of benzene rings is 1. The number of aliphatic hydroxyl groups excluding tert-OH is 1. The molecule has 0 unspecified atom stereocenters. The van der Waals surface area contributed by atoms with Gasteiger partial charge in [0.2, 0.25) is 5.43 Å². The van der Waals surface area contributed by atoms with Gasteiger partial charge in [-0.2, -0.15) is 0 Å². The summed E-state index contributed by atoms with van der Waals surface area (Å²) < 4.78 is 0. The molecule has 1 fully saturated rings. The van der Waals surface area contributed by atoms with Gasteiger partial charge in [0.25, 0.3) is 5.91 Å². The van der Waals surface area contributed by atoms with E-state index in [0.717, 1.165) is 0 Å². The molecule has 0 spiro atoms. The summed E-state index contributed by atoms with van der Waals surface area (Å²) in [7, 11) is 0. The third-order valence-corrected chi connectivity index (χ3v) is 5.58. The van der Waals surface area contributed by atoms with Crippen LogP contribution in [0.4, 0.5) is 0 Å². The zero-order chi connectivity index (χ0) is 19.8. The van der Waals surface area contributed by atoms with Crippen molar-refractivity contribution in [3.63, 3.8) is 0 Å². The van der Waals surface area contributed by atoms with Gasteiger partial charge in [0.1, 0.15) is 5.56 Å². The number of aromatic nitrogens is 1. The molecule has 1 amide bonds. The van der Waals surface area contributed by atoms with E-state index in [4.69, 9.17) is 11.6 Å². The number of β-amino-alcohol motifs (C(OH)–C–C–N with tert-alkyl or cyclic N) is 1. The Hall–Kier alpha value is -2.38. The SMILES string of the molecule is CCC[C@]1(C(=O)O)CCN(C(=O)c2c[nH]c3cc(Cl)ccc3c2=O)C[C@H]1O. The molecule has 3 N–H and O–H groups in total. The minimum Gasteiger partial charge on any atom is -0.481 e. The van der Waals surface area contributed by atoms with Crippen LogP contribution in [0.15, 0.2) is 29.2 Å². The molecule has 0 aliphatic carbocycles. The number of carboxylic acids is 1. The van der Waals surface area contributed by atoms with Gasteiger partial charge in [-0.3, -0.25) is 14.4 Å². The van der Waals surface area contributed by atoms with Gasteiger partial charge >= 0.3 is 5.97 Å². The third kappa shape index (κ3) is 3.33. The van der Waals surface area contributed by atoms with Crippen LogP contribution in [-0.2, 0) is 4.79 Å². The molecule has 2 heterocycles. The largest absolute Gasteiger partial charge is 0.481 e. The number of nitrogens with one attached hydrogen (secondary N) is 1. The molecule has 7 nitrogen and oxygen atoms in total. The zero-order valence-corrected chi connectivity index (χ0v) is 15.6. The fourth-order valence-electron chi connectivity index (χ4n) is 3.78. The van der Waals surface area contributed by atoms with Crippen molar-refractivity contribution in [2.45, 2.75) is 32.3 Å². The molecule has 2 atom stereocenters. The second kappa shape index (κ2) is 7.32. The van der Waals surface area contributed by atoms with Crippen LogP contribution in [-0.4, -0.2) is 51.2 Å². The summed E-state index contributed by atoms with van der Waals surface area (Å²) in [6, 6.07) is 4.72. The van der Waals surface area contributed by atoms with Gasteiger partial charge in [0, 0.05) is 29.7 Å². The number of piperidine rings is 1. The van der Waals surface area contributed by atoms with Crippen LogP contribution < -0.4 is 5.43 Å². The first-order valence-corrected chi connectivity index (χ1v) is 9.19. The van der Waals surface area contributed by atoms with Crippen molar-refractivity contribution in [3.8, 4) is 0 Å². The number of aliphatic hydroxyl groups is 1. The quantitative estimate of drug-likeness (QED) is 0.739. The highest BCUT2D eigenvalue weighted by atomic mass is 35.5. The Bertz CT molecular complexity index is 957. The molecule has 1 saturated heterocycles. The second-order valence-electron chi connectivity index (χ2n) is 6.95. The van der Waals surface area contributed by atoms with E-state index in [-0.39, 0.29) is 25.1 Å². The van der Waals surface area contributed by atoms with Crippen molar-refractivity contribution < 1.29 is 19.8 Å². The first-order chi connectivity index (χ1) is 12.8. The van der Waals surface area contributed by atoms with Crippen LogP contribution in [0.25, 0.3) is 10.9 Å².